The number of thiazole rings is 1. The first-order valence-corrected chi connectivity index (χ1v) is 10.4. The summed E-state index contributed by atoms with van der Waals surface area (Å²) in [6, 6.07) is 8.96. The van der Waals surface area contributed by atoms with E-state index in [0.717, 1.165) is 21.0 Å². The topological polar surface area (TPSA) is 112 Å². The number of carbonyl (C=O) groups excluding carboxylic acids is 2. The highest BCUT2D eigenvalue weighted by atomic mass is 32.1. The molecule has 0 aliphatic heterocycles. The number of hydroxylamine groups is 1. The second kappa shape index (κ2) is 9.46. The number of rotatable bonds is 7. The molecule has 0 bridgehead atoms. The van der Waals surface area contributed by atoms with Crippen LogP contribution >= 0.6 is 22.7 Å². The van der Waals surface area contributed by atoms with Crippen LogP contribution in [0.15, 0.2) is 47.3 Å². The highest BCUT2D eigenvalue weighted by molar-refractivity contribution is 7.12. The Hall–Kier alpha value is -3.01. The first-order valence-electron chi connectivity index (χ1n) is 8.66. The van der Waals surface area contributed by atoms with Gasteiger partial charge in [0.2, 0.25) is 0 Å². The fourth-order valence-corrected chi connectivity index (χ4v) is 4.12. The number of nitrogens with one attached hydrogen (secondary N) is 2. The summed E-state index contributed by atoms with van der Waals surface area (Å²) < 4.78 is 0. The maximum atomic E-state index is 13.1. The second-order valence-electron chi connectivity index (χ2n) is 6.21. The van der Waals surface area contributed by atoms with Gasteiger partial charge in [-0.2, -0.15) is 0 Å². The minimum absolute atomic E-state index is 0.101. The Kier molecular flexibility index (Phi) is 6.76. The Balaban J connectivity index is 1.87. The molecule has 0 radical (unpaired) electrons. The van der Waals surface area contributed by atoms with Crippen molar-refractivity contribution >= 4 is 46.1 Å². The summed E-state index contributed by atoms with van der Waals surface area (Å²) in [5, 5.41) is 23.1. The molecule has 1 unspecified atom stereocenters. The van der Waals surface area contributed by atoms with Crippen molar-refractivity contribution in [2.45, 2.75) is 19.4 Å². The van der Waals surface area contributed by atoms with Gasteiger partial charge in [0.25, 0.3) is 11.8 Å². The SMILES string of the molecule is Cc1ncsc1C=C(C(=O)NC(Cc1ccc(O)cc1)C(=O)NO)c1cccs1. The van der Waals surface area contributed by atoms with E-state index in [1.807, 2.05) is 24.4 Å². The van der Waals surface area contributed by atoms with Gasteiger partial charge in [-0.05, 0) is 42.1 Å². The lowest BCUT2D eigenvalue weighted by atomic mass is 10.0. The van der Waals surface area contributed by atoms with Crippen LogP contribution in [0.4, 0.5) is 0 Å². The minimum atomic E-state index is -0.997. The number of hydrogen-bond donors (Lipinski definition) is 4. The Morgan fingerprint density at radius 3 is 2.55 bits per heavy atom. The van der Waals surface area contributed by atoms with E-state index in [0.29, 0.717) is 5.57 Å². The number of carbonyl (C=O) groups is 2. The van der Waals surface area contributed by atoms with Crippen LogP contribution in [-0.4, -0.2) is 33.2 Å². The Morgan fingerprint density at radius 2 is 1.97 bits per heavy atom. The Bertz CT molecular complexity index is 1010. The van der Waals surface area contributed by atoms with Crippen LogP contribution in [0.1, 0.15) is 21.0 Å². The van der Waals surface area contributed by atoms with E-state index in [1.54, 1.807) is 29.2 Å². The molecule has 9 heteroatoms. The molecule has 0 aliphatic rings. The zero-order valence-corrected chi connectivity index (χ0v) is 17.1. The summed E-state index contributed by atoms with van der Waals surface area (Å²) in [4.78, 5) is 31.0. The summed E-state index contributed by atoms with van der Waals surface area (Å²) in [6.45, 7) is 1.86. The number of aromatic nitrogens is 1. The predicted octanol–water partition coefficient (Wildman–Crippen LogP) is 2.99. The average Bonchev–Trinajstić information content (AvgIpc) is 3.38. The molecule has 1 aromatic carbocycles. The van der Waals surface area contributed by atoms with Crippen molar-refractivity contribution in [1.82, 2.24) is 15.8 Å². The fraction of sp³-hybridized carbons (Fsp3) is 0.150. The van der Waals surface area contributed by atoms with Crippen molar-refractivity contribution in [3.8, 4) is 5.75 Å². The first kappa shape index (κ1) is 20.7. The summed E-state index contributed by atoms with van der Waals surface area (Å²) in [5.74, 6) is -1.07. The standard InChI is InChI=1S/C20H19N3O4S2/c1-12-18(29-11-21-12)10-15(17-3-2-8-28-17)19(25)22-16(20(26)23-27)9-13-4-6-14(24)7-5-13/h2-8,10-11,16,24,27H,9H2,1H3,(H,22,25)(H,23,26). The van der Waals surface area contributed by atoms with Gasteiger partial charge in [0.05, 0.1) is 21.7 Å². The number of aryl methyl sites for hydroxylation is 1. The van der Waals surface area contributed by atoms with Gasteiger partial charge in [-0.25, -0.2) is 10.5 Å². The van der Waals surface area contributed by atoms with Crippen LogP contribution in [0, 0.1) is 6.92 Å². The summed E-state index contributed by atoms with van der Waals surface area (Å²) >= 11 is 2.83. The number of thiophene rings is 1. The van der Waals surface area contributed by atoms with Gasteiger partial charge in [-0.3, -0.25) is 14.8 Å². The van der Waals surface area contributed by atoms with Crippen LogP contribution in [0.2, 0.25) is 0 Å². The number of phenolic OH excluding ortho intramolecular Hbond substituents is 1. The van der Waals surface area contributed by atoms with Crippen LogP contribution < -0.4 is 10.8 Å². The van der Waals surface area contributed by atoms with E-state index in [1.165, 1.54) is 34.8 Å². The average molecular weight is 430 g/mol. The zero-order valence-electron chi connectivity index (χ0n) is 15.5. The predicted molar refractivity (Wildman–Crippen MR) is 113 cm³/mol. The van der Waals surface area contributed by atoms with Crippen molar-refractivity contribution in [3.05, 3.63) is 68.3 Å². The lowest BCUT2D eigenvalue weighted by Gasteiger charge is -2.18. The van der Waals surface area contributed by atoms with Gasteiger partial charge in [0.1, 0.15) is 11.8 Å². The highest BCUT2D eigenvalue weighted by Gasteiger charge is 2.24. The van der Waals surface area contributed by atoms with Gasteiger partial charge in [-0.1, -0.05) is 18.2 Å². The van der Waals surface area contributed by atoms with Gasteiger partial charge < -0.3 is 10.4 Å². The Labute approximate surface area is 175 Å². The van der Waals surface area contributed by atoms with E-state index < -0.39 is 17.9 Å². The quantitative estimate of drug-likeness (QED) is 0.262. The molecule has 2 amide bonds. The van der Waals surface area contributed by atoms with Crippen molar-refractivity contribution in [3.63, 3.8) is 0 Å². The highest BCUT2D eigenvalue weighted by Crippen LogP contribution is 2.26. The summed E-state index contributed by atoms with van der Waals surface area (Å²) in [7, 11) is 0. The van der Waals surface area contributed by atoms with E-state index in [9.17, 15) is 14.7 Å². The van der Waals surface area contributed by atoms with E-state index in [2.05, 4.69) is 10.3 Å². The molecule has 2 heterocycles. The van der Waals surface area contributed by atoms with Crippen LogP contribution in [0.25, 0.3) is 11.6 Å². The maximum Gasteiger partial charge on any atom is 0.266 e. The van der Waals surface area contributed by atoms with Crippen molar-refractivity contribution in [2.75, 3.05) is 0 Å². The van der Waals surface area contributed by atoms with E-state index >= 15 is 0 Å². The molecule has 0 aliphatic carbocycles. The van der Waals surface area contributed by atoms with Gasteiger partial charge in [0, 0.05) is 11.3 Å². The van der Waals surface area contributed by atoms with Gasteiger partial charge in [0.15, 0.2) is 0 Å². The molecule has 3 rings (SSSR count). The molecule has 3 aromatic rings. The lowest BCUT2D eigenvalue weighted by Crippen LogP contribution is -2.47. The van der Waals surface area contributed by atoms with Crippen LogP contribution in [0.3, 0.4) is 0 Å². The minimum Gasteiger partial charge on any atom is -0.508 e. The number of amides is 2. The molecule has 0 spiro atoms. The zero-order chi connectivity index (χ0) is 20.8. The van der Waals surface area contributed by atoms with E-state index in [-0.39, 0.29) is 12.2 Å². The summed E-state index contributed by atoms with van der Waals surface area (Å²) in [6.07, 6.45) is 1.90. The molecule has 0 fully saturated rings. The van der Waals surface area contributed by atoms with Gasteiger partial charge >= 0.3 is 0 Å². The molecule has 4 N–H and O–H groups in total. The molecule has 29 heavy (non-hydrogen) atoms. The van der Waals surface area contributed by atoms with Crippen LogP contribution in [-0.2, 0) is 16.0 Å². The third kappa shape index (κ3) is 5.29. The third-order valence-electron chi connectivity index (χ3n) is 4.20. The summed E-state index contributed by atoms with van der Waals surface area (Å²) in [5.41, 5.74) is 5.25. The Morgan fingerprint density at radius 1 is 1.21 bits per heavy atom. The molecule has 2 aromatic heterocycles. The molecular formula is C20H19N3O4S2. The van der Waals surface area contributed by atoms with E-state index in [4.69, 9.17) is 5.21 Å². The largest absolute Gasteiger partial charge is 0.508 e. The number of benzene rings is 1. The number of hydrogen-bond acceptors (Lipinski definition) is 7. The third-order valence-corrected chi connectivity index (χ3v) is 5.98. The first-order chi connectivity index (χ1) is 14.0. The fourth-order valence-electron chi connectivity index (χ4n) is 2.65. The number of phenols is 1. The van der Waals surface area contributed by atoms with Crippen molar-refractivity contribution < 1.29 is 19.9 Å². The maximum absolute atomic E-state index is 13.1. The smallest absolute Gasteiger partial charge is 0.266 e. The second-order valence-corrected chi connectivity index (χ2v) is 8.04. The normalized spacial score (nSPS) is 12.4. The molecule has 7 nitrogen and oxygen atoms in total. The lowest BCUT2D eigenvalue weighted by molar-refractivity contribution is -0.133. The van der Waals surface area contributed by atoms with Crippen molar-refractivity contribution in [2.24, 2.45) is 0 Å². The monoisotopic (exact) mass is 429 g/mol. The van der Waals surface area contributed by atoms with Crippen LogP contribution in [0.5, 0.6) is 5.75 Å². The van der Waals surface area contributed by atoms with Gasteiger partial charge in [-0.15, -0.1) is 22.7 Å². The molecule has 0 saturated carbocycles. The molecular weight excluding hydrogens is 410 g/mol. The number of aromatic hydroxyl groups is 1. The molecule has 1 atom stereocenters. The number of nitrogens with zero attached hydrogens (tertiary/aromatic N) is 1. The van der Waals surface area contributed by atoms with Crippen molar-refractivity contribution in [1.29, 1.82) is 0 Å². The molecule has 0 saturated heterocycles. The molecule has 150 valence electrons.